The smallest absolute Gasteiger partial charge is 0.329 e. The van der Waals surface area contributed by atoms with Gasteiger partial charge in [-0.05, 0) is 29.8 Å². The Bertz CT molecular complexity index is 941. The molecular weight excluding hydrogens is 355 g/mol. The van der Waals surface area contributed by atoms with Crippen LogP contribution in [0.3, 0.4) is 0 Å². The molecule has 0 aliphatic carbocycles. The number of carboxylic acids is 1. The van der Waals surface area contributed by atoms with E-state index < -0.39 is 24.5 Å². The van der Waals surface area contributed by atoms with Crippen molar-refractivity contribution in [3.05, 3.63) is 71.2 Å². The monoisotopic (exact) mass is 370 g/mol. The van der Waals surface area contributed by atoms with Crippen LogP contribution in [-0.2, 0) is 16.2 Å². The maximum absolute atomic E-state index is 13.3. The Morgan fingerprint density at radius 3 is 2.70 bits per heavy atom. The molecule has 2 aromatic rings. The molecular formula is C19H15FN2O5. The van der Waals surface area contributed by atoms with Gasteiger partial charge in [-0.1, -0.05) is 30.3 Å². The van der Waals surface area contributed by atoms with Crippen LogP contribution in [0, 0.1) is 5.82 Å². The summed E-state index contributed by atoms with van der Waals surface area (Å²) in [4.78, 5) is 35.4. The van der Waals surface area contributed by atoms with Gasteiger partial charge in [0.15, 0.2) is 0 Å². The van der Waals surface area contributed by atoms with Crippen molar-refractivity contribution in [2.24, 2.45) is 0 Å². The van der Waals surface area contributed by atoms with Gasteiger partial charge in [0.1, 0.15) is 30.4 Å². The number of carboxylic acid groups (broad SMARTS) is 1. The number of halogens is 1. The summed E-state index contributed by atoms with van der Waals surface area (Å²) < 4.78 is 19.0. The normalized spacial score (nSPS) is 15.1. The van der Waals surface area contributed by atoms with E-state index in [0.717, 1.165) is 0 Å². The molecule has 0 aromatic heterocycles. The van der Waals surface area contributed by atoms with Crippen LogP contribution in [0.5, 0.6) is 5.75 Å². The molecule has 3 amide bonds. The highest BCUT2D eigenvalue weighted by Crippen LogP contribution is 2.23. The number of hydrogen-bond acceptors (Lipinski definition) is 4. The predicted octanol–water partition coefficient (Wildman–Crippen LogP) is 2.38. The first-order valence-electron chi connectivity index (χ1n) is 7.96. The van der Waals surface area contributed by atoms with E-state index in [4.69, 9.17) is 9.84 Å². The summed E-state index contributed by atoms with van der Waals surface area (Å²) >= 11 is 0. The zero-order valence-corrected chi connectivity index (χ0v) is 14.0. The van der Waals surface area contributed by atoms with Crippen LogP contribution in [0.2, 0.25) is 0 Å². The third-order valence-electron chi connectivity index (χ3n) is 3.76. The molecule has 0 saturated carbocycles. The van der Waals surface area contributed by atoms with Crippen LogP contribution in [-0.4, -0.2) is 34.5 Å². The molecule has 0 radical (unpaired) electrons. The van der Waals surface area contributed by atoms with Crippen LogP contribution in [0.1, 0.15) is 11.1 Å². The molecule has 2 aromatic carbocycles. The van der Waals surface area contributed by atoms with E-state index in [1.807, 2.05) is 0 Å². The Labute approximate surface area is 153 Å². The molecule has 0 atom stereocenters. The molecule has 0 bridgehead atoms. The van der Waals surface area contributed by atoms with Gasteiger partial charge in [0.25, 0.3) is 5.91 Å². The third kappa shape index (κ3) is 4.30. The topological polar surface area (TPSA) is 95.9 Å². The standard InChI is InChI=1S/C19H15FN2O5/c20-14-6-3-4-12(8-14)11-27-16-7-2-1-5-13(16)9-15-18(25)22(10-17(23)24)19(26)21-15/h1-9H,10-11H2,(H,21,26)(H,23,24)/b15-9+. The number of hydrogen-bond donors (Lipinski definition) is 2. The Morgan fingerprint density at radius 2 is 1.96 bits per heavy atom. The summed E-state index contributed by atoms with van der Waals surface area (Å²) in [6, 6.07) is 12.0. The molecule has 1 fully saturated rings. The first kappa shape index (κ1) is 18.1. The molecule has 8 heteroatoms. The van der Waals surface area contributed by atoms with Crippen molar-refractivity contribution in [3.63, 3.8) is 0 Å². The first-order chi connectivity index (χ1) is 12.9. The number of urea groups is 1. The highest BCUT2D eigenvalue weighted by atomic mass is 19.1. The lowest BCUT2D eigenvalue weighted by molar-refractivity contribution is -0.140. The van der Waals surface area contributed by atoms with E-state index >= 15 is 0 Å². The maximum Gasteiger partial charge on any atom is 0.329 e. The molecule has 1 saturated heterocycles. The lowest BCUT2D eigenvalue weighted by Crippen LogP contribution is -2.35. The molecule has 2 N–H and O–H groups in total. The minimum Gasteiger partial charge on any atom is -0.488 e. The van der Waals surface area contributed by atoms with Crippen LogP contribution in [0.4, 0.5) is 9.18 Å². The number of para-hydroxylation sites is 1. The van der Waals surface area contributed by atoms with Gasteiger partial charge >= 0.3 is 12.0 Å². The number of amides is 3. The summed E-state index contributed by atoms with van der Waals surface area (Å²) in [7, 11) is 0. The number of ether oxygens (including phenoxy) is 1. The predicted molar refractivity (Wildman–Crippen MR) is 93.0 cm³/mol. The van der Waals surface area contributed by atoms with Gasteiger partial charge in [-0.25, -0.2) is 14.1 Å². The highest BCUT2D eigenvalue weighted by Gasteiger charge is 2.35. The van der Waals surface area contributed by atoms with Crippen molar-refractivity contribution in [2.75, 3.05) is 6.54 Å². The molecule has 138 valence electrons. The second-order valence-corrected chi connectivity index (χ2v) is 5.73. The number of imide groups is 1. The molecule has 3 rings (SSSR count). The van der Waals surface area contributed by atoms with Gasteiger partial charge in [-0.2, -0.15) is 0 Å². The van der Waals surface area contributed by atoms with Gasteiger partial charge < -0.3 is 15.2 Å². The van der Waals surface area contributed by atoms with Gasteiger partial charge in [0.05, 0.1) is 0 Å². The van der Waals surface area contributed by atoms with Crippen LogP contribution in [0.15, 0.2) is 54.2 Å². The summed E-state index contributed by atoms with van der Waals surface area (Å²) in [5.74, 6) is -1.97. The highest BCUT2D eigenvalue weighted by molar-refractivity contribution is 6.15. The number of aliphatic carboxylic acids is 1. The van der Waals surface area contributed by atoms with E-state index in [-0.39, 0.29) is 18.1 Å². The quantitative estimate of drug-likeness (QED) is 0.601. The lowest BCUT2D eigenvalue weighted by Gasteiger charge is -2.10. The van der Waals surface area contributed by atoms with E-state index in [1.54, 1.807) is 36.4 Å². The van der Waals surface area contributed by atoms with E-state index in [2.05, 4.69) is 5.32 Å². The average molecular weight is 370 g/mol. The molecule has 0 spiro atoms. The average Bonchev–Trinajstić information content (AvgIpc) is 2.88. The molecule has 7 nitrogen and oxygen atoms in total. The second kappa shape index (κ2) is 7.69. The van der Waals surface area contributed by atoms with Gasteiger partial charge in [0, 0.05) is 5.56 Å². The number of carbonyl (C=O) groups excluding carboxylic acids is 2. The summed E-state index contributed by atoms with van der Waals surface area (Å²) in [6.45, 7) is -0.608. The fraction of sp³-hybridized carbons (Fsp3) is 0.105. The van der Waals surface area contributed by atoms with Crippen LogP contribution >= 0.6 is 0 Å². The zero-order valence-electron chi connectivity index (χ0n) is 14.0. The van der Waals surface area contributed by atoms with Crippen molar-refractivity contribution in [3.8, 4) is 5.75 Å². The molecule has 0 unspecified atom stereocenters. The van der Waals surface area contributed by atoms with Crippen molar-refractivity contribution in [2.45, 2.75) is 6.61 Å². The number of nitrogens with zero attached hydrogens (tertiary/aromatic N) is 1. The lowest BCUT2D eigenvalue weighted by atomic mass is 10.1. The van der Waals surface area contributed by atoms with Crippen molar-refractivity contribution in [1.29, 1.82) is 0 Å². The van der Waals surface area contributed by atoms with Gasteiger partial charge in [-0.15, -0.1) is 0 Å². The number of nitrogens with one attached hydrogen (secondary N) is 1. The van der Waals surface area contributed by atoms with Gasteiger partial charge in [0.2, 0.25) is 0 Å². The Morgan fingerprint density at radius 1 is 1.19 bits per heavy atom. The minimum absolute atomic E-state index is 0.0527. The summed E-state index contributed by atoms with van der Waals surface area (Å²) in [5.41, 5.74) is 1.09. The van der Waals surface area contributed by atoms with Crippen molar-refractivity contribution in [1.82, 2.24) is 10.2 Å². The number of carbonyl (C=O) groups is 3. The molecule has 1 aliphatic heterocycles. The third-order valence-corrected chi connectivity index (χ3v) is 3.76. The van der Waals surface area contributed by atoms with Gasteiger partial charge in [-0.3, -0.25) is 9.59 Å². The number of rotatable bonds is 6. The fourth-order valence-electron chi connectivity index (χ4n) is 2.53. The minimum atomic E-state index is -1.29. The van der Waals surface area contributed by atoms with E-state index in [9.17, 15) is 18.8 Å². The first-order valence-corrected chi connectivity index (χ1v) is 7.96. The maximum atomic E-state index is 13.3. The van der Waals surface area contributed by atoms with Crippen LogP contribution < -0.4 is 10.1 Å². The summed E-state index contributed by atoms with van der Waals surface area (Å²) in [5, 5.41) is 11.1. The molecule has 1 aliphatic rings. The Balaban J connectivity index is 1.80. The SMILES string of the molecule is O=C(O)CN1C(=O)N/C(=C/c2ccccc2OCc2cccc(F)c2)C1=O. The van der Waals surface area contributed by atoms with E-state index in [0.29, 0.717) is 21.8 Å². The Kier molecular flexibility index (Phi) is 5.16. The van der Waals surface area contributed by atoms with E-state index in [1.165, 1.54) is 18.2 Å². The largest absolute Gasteiger partial charge is 0.488 e. The Hall–Kier alpha value is -3.68. The fourth-order valence-corrected chi connectivity index (χ4v) is 2.53. The number of benzene rings is 2. The van der Waals surface area contributed by atoms with Crippen molar-refractivity contribution < 1.29 is 28.6 Å². The second-order valence-electron chi connectivity index (χ2n) is 5.73. The van der Waals surface area contributed by atoms with Crippen LogP contribution in [0.25, 0.3) is 6.08 Å². The zero-order chi connectivity index (χ0) is 19.4. The summed E-state index contributed by atoms with van der Waals surface area (Å²) in [6.07, 6.45) is 1.41. The van der Waals surface area contributed by atoms with Crippen molar-refractivity contribution >= 4 is 24.0 Å². The molecule has 1 heterocycles. The molecule has 27 heavy (non-hydrogen) atoms.